The second-order valence-electron chi connectivity index (χ2n) is 5.12. The molecule has 0 spiro atoms. The Labute approximate surface area is 140 Å². The molecule has 0 aliphatic heterocycles. The summed E-state index contributed by atoms with van der Waals surface area (Å²) in [5, 5.41) is 1.54. The van der Waals surface area contributed by atoms with E-state index in [9.17, 15) is 22.0 Å². The van der Waals surface area contributed by atoms with Crippen LogP contribution in [0.3, 0.4) is 0 Å². The number of benzene rings is 2. The molecule has 124 valence electrons. The first-order valence-corrected chi connectivity index (χ1v) is 9.51. The van der Waals surface area contributed by atoms with Gasteiger partial charge in [-0.2, -0.15) is 0 Å². The Morgan fingerprint density at radius 2 is 1.71 bits per heavy atom. The van der Waals surface area contributed by atoms with Gasteiger partial charge in [0.15, 0.2) is 9.84 Å². The predicted octanol–water partition coefficient (Wildman–Crippen LogP) is 3.25. The lowest BCUT2D eigenvalue weighted by molar-refractivity contribution is 0.571. The fourth-order valence-electron chi connectivity index (χ4n) is 2.30. The fourth-order valence-corrected chi connectivity index (χ4v) is 3.79. The normalized spacial score (nSPS) is 11.6. The molecule has 24 heavy (non-hydrogen) atoms. The minimum atomic E-state index is -3.68. The average Bonchev–Trinajstić information content (AvgIpc) is 2.88. The molecular formula is C16H11F2NO3S2. The van der Waals surface area contributed by atoms with E-state index in [4.69, 9.17) is 0 Å². The van der Waals surface area contributed by atoms with Crippen LogP contribution in [-0.4, -0.2) is 19.2 Å². The second-order valence-corrected chi connectivity index (χ2v) is 7.92. The van der Waals surface area contributed by atoms with E-state index in [-0.39, 0.29) is 4.87 Å². The van der Waals surface area contributed by atoms with Crippen LogP contribution in [0.1, 0.15) is 0 Å². The van der Waals surface area contributed by atoms with Gasteiger partial charge in [0.05, 0.1) is 11.4 Å². The fraction of sp³-hybridized carbons (Fsp3) is 0.0625. The molecule has 0 N–H and O–H groups in total. The standard InChI is InChI=1S/C16H11F2NO3S2/c1-24(21,22)15-7-2-10(8-13(15)18)14-9-23-16(20)19(14)12-5-3-11(17)4-6-12/h2-9H,1H3. The zero-order chi connectivity index (χ0) is 17.5. The van der Waals surface area contributed by atoms with Crippen LogP contribution in [0, 0.1) is 11.6 Å². The summed E-state index contributed by atoms with van der Waals surface area (Å²) in [5.41, 5.74) is 1.18. The highest BCUT2D eigenvalue weighted by Gasteiger charge is 2.17. The molecule has 0 aliphatic rings. The number of sulfone groups is 1. The van der Waals surface area contributed by atoms with E-state index in [0.29, 0.717) is 16.9 Å². The van der Waals surface area contributed by atoms with Gasteiger partial charge in [0.1, 0.15) is 16.5 Å². The van der Waals surface area contributed by atoms with E-state index in [1.165, 1.54) is 34.9 Å². The maximum atomic E-state index is 14.1. The Bertz CT molecular complexity index is 1070. The zero-order valence-electron chi connectivity index (χ0n) is 12.4. The summed E-state index contributed by atoms with van der Waals surface area (Å²) < 4.78 is 51.5. The van der Waals surface area contributed by atoms with E-state index in [1.54, 1.807) is 5.38 Å². The number of rotatable bonds is 3. The third kappa shape index (κ3) is 3.02. The molecule has 0 bridgehead atoms. The number of thiazole rings is 1. The summed E-state index contributed by atoms with van der Waals surface area (Å²) >= 11 is 0.913. The molecule has 4 nitrogen and oxygen atoms in total. The molecule has 0 atom stereocenters. The lowest BCUT2D eigenvalue weighted by atomic mass is 10.1. The zero-order valence-corrected chi connectivity index (χ0v) is 14.0. The minimum Gasteiger partial charge on any atom is -0.267 e. The van der Waals surface area contributed by atoms with Gasteiger partial charge in [-0.15, -0.1) is 0 Å². The van der Waals surface area contributed by atoms with Crippen molar-refractivity contribution in [1.82, 2.24) is 4.57 Å². The highest BCUT2D eigenvalue weighted by molar-refractivity contribution is 7.90. The third-order valence-electron chi connectivity index (χ3n) is 3.41. The highest BCUT2D eigenvalue weighted by atomic mass is 32.2. The Morgan fingerprint density at radius 1 is 1.04 bits per heavy atom. The maximum absolute atomic E-state index is 14.1. The first kappa shape index (κ1) is 16.5. The molecule has 3 aromatic rings. The van der Waals surface area contributed by atoms with Crippen molar-refractivity contribution in [2.24, 2.45) is 0 Å². The Kier molecular flexibility index (Phi) is 4.10. The van der Waals surface area contributed by atoms with E-state index in [1.807, 2.05) is 0 Å². The molecule has 0 saturated carbocycles. The average molecular weight is 367 g/mol. The molecule has 0 amide bonds. The summed E-state index contributed by atoms with van der Waals surface area (Å²) in [6.07, 6.45) is 0.921. The molecule has 0 saturated heterocycles. The predicted molar refractivity (Wildman–Crippen MR) is 88.4 cm³/mol. The van der Waals surface area contributed by atoms with Crippen molar-refractivity contribution in [2.75, 3.05) is 6.26 Å². The Hall–Kier alpha value is -2.32. The van der Waals surface area contributed by atoms with E-state index in [0.717, 1.165) is 29.7 Å². The molecule has 2 aromatic carbocycles. The lowest BCUT2D eigenvalue weighted by Crippen LogP contribution is -2.12. The summed E-state index contributed by atoms with van der Waals surface area (Å²) in [7, 11) is -3.68. The van der Waals surface area contributed by atoms with Gasteiger partial charge in [-0.25, -0.2) is 17.2 Å². The topological polar surface area (TPSA) is 56.1 Å². The van der Waals surface area contributed by atoms with Crippen molar-refractivity contribution < 1.29 is 17.2 Å². The number of halogens is 2. The summed E-state index contributed by atoms with van der Waals surface area (Å²) in [4.78, 5) is 11.4. The third-order valence-corrected chi connectivity index (χ3v) is 5.26. The number of aromatic nitrogens is 1. The molecule has 0 unspecified atom stereocenters. The van der Waals surface area contributed by atoms with Gasteiger partial charge in [0.2, 0.25) is 0 Å². The second kappa shape index (κ2) is 5.95. The van der Waals surface area contributed by atoms with Crippen LogP contribution in [0.2, 0.25) is 0 Å². The van der Waals surface area contributed by atoms with Crippen LogP contribution < -0.4 is 4.87 Å². The summed E-state index contributed by atoms with van der Waals surface area (Å²) in [6, 6.07) is 8.98. The van der Waals surface area contributed by atoms with Crippen molar-refractivity contribution in [3.05, 3.63) is 69.1 Å². The maximum Gasteiger partial charge on any atom is 0.312 e. The van der Waals surface area contributed by atoms with Gasteiger partial charge in [-0.3, -0.25) is 9.36 Å². The van der Waals surface area contributed by atoms with Gasteiger partial charge in [0.25, 0.3) is 0 Å². The lowest BCUT2D eigenvalue weighted by Gasteiger charge is -2.09. The smallest absolute Gasteiger partial charge is 0.267 e. The van der Waals surface area contributed by atoms with Crippen molar-refractivity contribution in [3.63, 3.8) is 0 Å². The Balaban J connectivity index is 2.17. The number of hydrogen-bond acceptors (Lipinski definition) is 4. The van der Waals surface area contributed by atoms with E-state index >= 15 is 0 Å². The van der Waals surface area contributed by atoms with Crippen LogP contribution in [0.15, 0.2) is 57.5 Å². The van der Waals surface area contributed by atoms with Crippen molar-refractivity contribution in [3.8, 4) is 16.9 Å². The molecule has 1 aromatic heterocycles. The number of nitrogens with zero attached hydrogens (tertiary/aromatic N) is 1. The van der Waals surface area contributed by atoms with Crippen LogP contribution in [0.5, 0.6) is 0 Å². The van der Waals surface area contributed by atoms with Gasteiger partial charge in [0, 0.05) is 17.2 Å². The highest BCUT2D eigenvalue weighted by Crippen LogP contribution is 2.26. The van der Waals surface area contributed by atoms with Gasteiger partial charge in [-0.1, -0.05) is 17.4 Å². The first-order chi connectivity index (χ1) is 11.3. The van der Waals surface area contributed by atoms with Crippen LogP contribution >= 0.6 is 11.3 Å². The molecular weight excluding hydrogens is 356 g/mol. The summed E-state index contributed by atoms with van der Waals surface area (Å²) in [6.45, 7) is 0. The van der Waals surface area contributed by atoms with Crippen molar-refractivity contribution >= 4 is 21.2 Å². The van der Waals surface area contributed by atoms with Crippen molar-refractivity contribution in [2.45, 2.75) is 4.90 Å². The minimum absolute atomic E-state index is 0.316. The number of hydrogen-bond donors (Lipinski definition) is 0. The van der Waals surface area contributed by atoms with Crippen molar-refractivity contribution in [1.29, 1.82) is 0 Å². The Morgan fingerprint density at radius 3 is 2.29 bits per heavy atom. The molecule has 0 radical (unpaired) electrons. The van der Waals surface area contributed by atoms with Crippen LogP contribution in [0.4, 0.5) is 8.78 Å². The SMILES string of the molecule is CS(=O)(=O)c1ccc(-c2csc(=O)n2-c2ccc(F)cc2)cc1F. The van der Waals surface area contributed by atoms with E-state index in [2.05, 4.69) is 0 Å². The molecule has 8 heteroatoms. The van der Waals surface area contributed by atoms with Gasteiger partial charge in [-0.05, 0) is 36.4 Å². The van der Waals surface area contributed by atoms with E-state index < -0.39 is 26.4 Å². The van der Waals surface area contributed by atoms with Crippen LogP contribution in [-0.2, 0) is 9.84 Å². The summed E-state index contributed by atoms with van der Waals surface area (Å²) in [5.74, 6) is -1.33. The van der Waals surface area contributed by atoms with Gasteiger partial charge >= 0.3 is 4.87 Å². The molecule has 0 fully saturated rings. The quantitative estimate of drug-likeness (QED) is 0.714. The monoisotopic (exact) mass is 367 g/mol. The molecule has 1 heterocycles. The van der Waals surface area contributed by atoms with Crippen LogP contribution in [0.25, 0.3) is 16.9 Å². The first-order valence-electron chi connectivity index (χ1n) is 6.74. The molecule has 3 rings (SSSR count). The van der Waals surface area contributed by atoms with Gasteiger partial charge < -0.3 is 0 Å². The molecule has 0 aliphatic carbocycles. The largest absolute Gasteiger partial charge is 0.312 e.